The van der Waals surface area contributed by atoms with E-state index in [1.807, 2.05) is 25.2 Å². The summed E-state index contributed by atoms with van der Waals surface area (Å²) in [5, 5.41) is 13.8. The standard InChI is InChI=1S/C17H20N4/c1-19-10-13-5-4-8-21(12-13)17-14(9-18)11-20-16-7-3-2-6-15(16)17/h2-3,6-7,11,13,19H,4-5,8,10,12H2,1H3. The molecule has 0 saturated carbocycles. The average Bonchev–Trinajstić information content (AvgIpc) is 2.54. The van der Waals surface area contributed by atoms with Gasteiger partial charge in [-0.25, -0.2) is 0 Å². The summed E-state index contributed by atoms with van der Waals surface area (Å²) in [5.41, 5.74) is 2.70. The summed E-state index contributed by atoms with van der Waals surface area (Å²) in [6.07, 6.45) is 4.13. The van der Waals surface area contributed by atoms with Crippen LogP contribution in [0.25, 0.3) is 10.9 Å². The number of nitriles is 1. The zero-order chi connectivity index (χ0) is 14.7. The Kier molecular flexibility index (Phi) is 4.03. The molecule has 1 aliphatic rings. The van der Waals surface area contributed by atoms with Crippen LogP contribution in [0.4, 0.5) is 5.69 Å². The highest BCUT2D eigenvalue weighted by Gasteiger charge is 2.23. The van der Waals surface area contributed by atoms with Gasteiger partial charge in [-0.05, 0) is 38.4 Å². The molecule has 4 heteroatoms. The smallest absolute Gasteiger partial charge is 0.103 e. The number of benzene rings is 1. The van der Waals surface area contributed by atoms with Crippen molar-refractivity contribution < 1.29 is 0 Å². The van der Waals surface area contributed by atoms with E-state index in [-0.39, 0.29) is 0 Å². The second kappa shape index (κ2) is 6.11. The van der Waals surface area contributed by atoms with E-state index in [1.54, 1.807) is 6.20 Å². The number of para-hydroxylation sites is 1. The summed E-state index contributed by atoms with van der Waals surface area (Å²) >= 11 is 0. The molecule has 0 aliphatic carbocycles. The van der Waals surface area contributed by atoms with Gasteiger partial charge >= 0.3 is 0 Å². The van der Waals surface area contributed by atoms with Gasteiger partial charge in [0.05, 0.1) is 16.8 Å². The van der Waals surface area contributed by atoms with E-state index in [0.717, 1.165) is 36.2 Å². The number of hydrogen-bond donors (Lipinski definition) is 1. The van der Waals surface area contributed by atoms with Crippen LogP contribution in [0.1, 0.15) is 18.4 Å². The first-order valence-corrected chi connectivity index (χ1v) is 7.51. The third-order valence-electron chi connectivity index (χ3n) is 4.20. The SMILES string of the molecule is CNCC1CCCN(c2c(C#N)cnc3ccccc23)C1. The van der Waals surface area contributed by atoms with E-state index in [4.69, 9.17) is 0 Å². The Balaban J connectivity index is 2.04. The van der Waals surface area contributed by atoms with Crippen LogP contribution in [0.2, 0.25) is 0 Å². The van der Waals surface area contributed by atoms with Crippen molar-refractivity contribution in [3.63, 3.8) is 0 Å². The molecule has 2 heterocycles. The normalized spacial score (nSPS) is 18.7. The Bertz CT molecular complexity index is 672. The Hall–Kier alpha value is -2.12. The first-order chi connectivity index (χ1) is 10.3. The lowest BCUT2D eigenvalue weighted by atomic mass is 9.96. The highest BCUT2D eigenvalue weighted by atomic mass is 15.1. The summed E-state index contributed by atoms with van der Waals surface area (Å²) < 4.78 is 0. The summed E-state index contributed by atoms with van der Waals surface area (Å²) in [7, 11) is 2.00. The van der Waals surface area contributed by atoms with Crippen LogP contribution in [-0.2, 0) is 0 Å². The third kappa shape index (κ3) is 2.70. The Labute approximate surface area is 125 Å². The molecule has 0 radical (unpaired) electrons. The van der Waals surface area contributed by atoms with Crippen LogP contribution in [0.3, 0.4) is 0 Å². The van der Waals surface area contributed by atoms with Gasteiger partial charge in [-0.1, -0.05) is 18.2 Å². The number of nitrogens with one attached hydrogen (secondary N) is 1. The minimum absolute atomic E-state index is 0.641. The van der Waals surface area contributed by atoms with E-state index in [1.165, 1.54) is 12.8 Å². The predicted octanol–water partition coefficient (Wildman–Crippen LogP) is 2.54. The molecule has 0 amide bonds. The van der Waals surface area contributed by atoms with Crippen molar-refractivity contribution >= 4 is 16.6 Å². The Morgan fingerprint density at radius 2 is 2.29 bits per heavy atom. The van der Waals surface area contributed by atoms with Crippen molar-refractivity contribution in [2.45, 2.75) is 12.8 Å². The highest BCUT2D eigenvalue weighted by Crippen LogP contribution is 2.32. The molecule has 1 aromatic heterocycles. The van der Waals surface area contributed by atoms with E-state index >= 15 is 0 Å². The van der Waals surface area contributed by atoms with E-state index < -0.39 is 0 Å². The van der Waals surface area contributed by atoms with Gasteiger partial charge in [-0.2, -0.15) is 5.26 Å². The second-order valence-corrected chi connectivity index (χ2v) is 5.66. The summed E-state index contributed by atoms with van der Waals surface area (Å²) in [6, 6.07) is 10.4. The fraction of sp³-hybridized carbons (Fsp3) is 0.412. The molecule has 1 aliphatic heterocycles. The zero-order valence-electron chi connectivity index (χ0n) is 12.3. The molecule has 1 atom stereocenters. The maximum Gasteiger partial charge on any atom is 0.103 e. The molecular formula is C17H20N4. The van der Waals surface area contributed by atoms with Crippen molar-refractivity contribution in [2.75, 3.05) is 31.6 Å². The van der Waals surface area contributed by atoms with E-state index in [0.29, 0.717) is 11.5 Å². The molecule has 0 bridgehead atoms. The fourth-order valence-corrected chi connectivity index (χ4v) is 3.27. The first kappa shape index (κ1) is 13.8. The Morgan fingerprint density at radius 3 is 3.10 bits per heavy atom. The molecular weight excluding hydrogens is 260 g/mol. The minimum atomic E-state index is 0.641. The molecule has 0 spiro atoms. The monoisotopic (exact) mass is 280 g/mol. The lowest BCUT2D eigenvalue weighted by Gasteiger charge is -2.35. The van der Waals surface area contributed by atoms with Gasteiger partial charge in [-0.3, -0.25) is 4.98 Å². The zero-order valence-corrected chi connectivity index (χ0v) is 12.3. The number of nitrogens with zero attached hydrogens (tertiary/aromatic N) is 3. The quantitative estimate of drug-likeness (QED) is 0.938. The topological polar surface area (TPSA) is 52.0 Å². The molecule has 1 fully saturated rings. The maximum absolute atomic E-state index is 9.45. The number of aromatic nitrogens is 1. The lowest BCUT2D eigenvalue weighted by molar-refractivity contribution is 0.403. The van der Waals surface area contributed by atoms with Crippen LogP contribution in [0, 0.1) is 17.2 Å². The minimum Gasteiger partial charge on any atom is -0.370 e. The van der Waals surface area contributed by atoms with E-state index in [2.05, 4.69) is 27.3 Å². The van der Waals surface area contributed by atoms with Crippen molar-refractivity contribution in [1.29, 1.82) is 5.26 Å². The van der Waals surface area contributed by atoms with Gasteiger partial charge < -0.3 is 10.2 Å². The maximum atomic E-state index is 9.45. The average molecular weight is 280 g/mol. The van der Waals surface area contributed by atoms with Crippen molar-refractivity contribution in [2.24, 2.45) is 5.92 Å². The van der Waals surface area contributed by atoms with Crippen LogP contribution >= 0.6 is 0 Å². The number of rotatable bonds is 3. The molecule has 21 heavy (non-hydrogen) atoms. The third-order valence-corrected chi connectivity index (χ3v) is 4.20. The van der Waals surface area contributed by atoms with Gasteiger partial charge in [0.1, 0.15) is 6.07 Å². The highest BCUT2D eigenvalue weighted by molar-refractivity contribution is 5.94. The molecule has 1 N–H and O–H groups in total. The van der Waals surface area contributed by atoms with Gasteiger partial charge in [0.15, 0.2) is 0 Å². The van der Waals surface area contributed by atoms with Gasteiger partial charge in [0.2, 0.25) is 0 Å². The summed E-state index contributed by atoms with van der Waals surface area (Å²) in [4.78, 5) is 6.77. The number of piperidine rings is 1. The van der Waals surface area contributed by atoms with Crippen LogP contribution < -0.4 is 10.2 Å². The van der Waals surface area contributed by atoms with Crippen LogP contribution in [0.15, 0.2) is 30.5 Å². The van der Waals surface area contributed by atoms with Gasteiger partial charge in [-0.15, -0.1) is 0 Å². The molecule has 108 valence electrons. The molecule has 1 aromatic carbocycles. The van der Waals surface area contributed by atoms with Gasteiger partial charge in [0, 0.05) is 24.7 Å². The number of anilines is 1. The molecule has 3 rings (SSSR count). The molecule has 2 aromatic rings. The van der Waals surface area contributed by atoms with Crippen molar-refractivity contribution in [3.05, 3.63) is 36.0 Å². The second-order valence-electron chi connectivity index (χ2n) is 5.66. The van der Waals surface area contributed by atoms with Crippen LogP contribution in [0.5, 0.6) is 0 Å². The molecule has 1 unspecified atom stereocenters. The van der Waals surface area contributed by atoms with Crippen molar-refractivity contribution in [1.82, 2.24) is 10.3 Å². The predicted molar refractivity (Wildman–Crippen MR) is 85.3 cm³/mol. The number of pyridine rings is 1. The molecule has 4 nitrogen and oxygen atoms in total. The van der Waals surface area contributed by atoms with Crippen molar-refractivity contribution in [3.8, 4) is 6.07 Å². The molecule has 1 saturated heterocycles. The Morgan fingerprint density at radius 1 is 1.43 bits per heavy atom. The first-order valence-electron chi connectivity index (χ1n) is 7.51. The summed E-state index contributed by atoms with van der Waals surface area (Å²) in [5.74, 6) is 0.641. The summed E-state index contributed by atoms with van der Waals surface area (Å²) in [6.45, 7) is 3.05. The fourth-order valence-electron chi connectivity index (χ4n) is 3.27. The number of hydrogen-bond acceptors (Lipinski definition) is 4. The van der Waals surface area contributed by atoms with Gasteiger partial charge in [0.25, 0.3) is 0 Å². The van der Waals surface area contributed by atoms with E-state index in [9.17, 15) is 5.26 Å². The largest absolute Gasteiger partial charge is 0.370 e. The number of fused-ring (bicyclic) bond motifs is 1. The lowest BCUT2D eigenvalue weighted by Crippen LogP contribution is -2.39. The van der Waals surface area contributed by atoms with Crippen LogP contribution in [-0.4, -0.2) is 31.7 Å².